The van der Waals surface area contributed by atoms with Gasteiger partial charge in [-0.2, -0.15) is 0 Å². The van der Waals surface area contributed by atoms with Gasteiger partial charge in [0.1, 0.15) is 5.82 Å². The molecule has 0 spiro atoms. The lowest BCUT2D eigenvalue weighted by Crippen LogP contribution is -2.29. The van der Waals surface area contributed by atoms with Crippen LogP contribution in [-0.2, 0) is 4.74 Å². The fourth-order valence-corrected chi connectivity index (χ4v) is 2.72. The second kappa shape index (κ2) is 7.97. The molecule has 0 aromatic heterocycles. The summed E-state index contributed by atoms with van der Waals surface area (Å²) in [5.41, 5.74) is 0.687. The molecule has 1 atom stereocenters. The van der Waals surface area contributed by atoms with Crippen molar-refractivity contribution in [1.82, 2.24) is 0 Å². The molecule has 1 unspecified atom stereocenters. The number of benzene rings is 1. The fraction of sp³-hybridized carbons (Fsp3) is 0.625. The van der Waals surface area contributed by atoms with E-state index in [0.29, 0.717) is 18.8 Å². The average Bonchev–Trinajstić information content (AvgIpc) is 2.48. The molecule has 1 aromatic carbocycles. The van der Waals surface area contributed by atoms with Crippen LogP contribution in [0.25, 0.3) is 0 Å². The molecule has 0 saturated heterocycles. The summed E-state index contributed by atoms with van der Waals surface area (Å²) in [6.07, 6.45) is 4.24. The van der Waals surface area contributed by atoms with Crippen LogP contribution in [0.15, 0.2) is 18.2 Å². The lowest BCUT2D eigenvalue weighted by Gasteiger charge is -2.27. The third-order valence-corrected chi connectivity index (χ3v) is 4.24. The number of hydrogen-bond acceptors (Lipinski definition) is 3. The monoisotopic (exact) mass is 315 g/mol. The van der Waals surface area contributed by atoms with Crippen molar-refractivity contribution in [2.24, 2.45) is 5.92 Å². The number of rotatable bonds is 6. The highest BCUT2D eigenvalue weighted by atomic mass is 35.5. The van der Waals surface area contributed by atoms with Crippen LogP contribution in [0.5, 0.6) is 0 Å². The average molecular weight is 316 g/mol. The minimum absolute atomic E-state index is 0.0714. The molecule has 1 saturated carbocycles. The molecule has 0 bridgehead atoms. The van der Waals surface area contributed by atoms with Gasteiger partial charge in [0, 0.05) is 12.2 Å². The molecule has 21 heavy (non-hydrogen) atoms. The predicted molar refractivity (Wildman–Crippen MR) is 83.3 cm³/mol. The summed E-state index contributed by atoms with van der Waals surface area (Å²) in [6, 6.07) is 4.40. The van der Waals surface area contributed by atoms with Gasteiger partial charge in [0.15, 0.2) is 0 Å². The van der Waals surface area contributed by atoms with E-state index in [-0.39, 0.29) is 11.1 Å². The Labute approximate surface area is 130 Å². The number of hydrogen-bond donors (Lipinski definition) is 2. The van der Waals surface area contributed by atoms with E-state index in [2.05, 4.69) is 12.2 Å². The van der Waals surface area contributed by atoms with Crippen LogP contribution < -0.4 is 5.32 Å². The Morgan fingerprint density at radius 3 is 2.76 bits per heavy atom. The van der Waals surface area contributed by atoms with Gasteiger partial charge in [0.25, 0.3) is 0 Å². The second-order valence-corrected chi connectivity index (χ2v) is 6.29. The molecule has 1 aliphatic carbocycles. The van der Waals surface area contributed by atoms with Crippen molar-refractivity contribution < 1.29 is 14.2 Å². The summed E-state index contributed by atoms with van der Waals surface area (Å²) in [5, 5.41) is 13.0. The van der Waals surface area contributed by atoms with Crippen LogP contribution in [0.4, 0.5) is 10.1 Å². The van der Waals surface area contributed by atoms with Gasteiger partial charge in [-0.15, -0.1) is 0 Å². The Bertz CT molecular complexity index is 450. The summed E-state index contributed by atoms with van der Waals surface area (Å²) < 4.78 is 18.8. The maximum absolute atomic E-state index is 13.0. The number of ether oxygens (including phenoxy) is 1. The normalized spacial score (nSPS) is 23.8. The van der Waals surface area contributed by atoms with Crippen molar-refractivity contribution in [1.29, 1.82) is 0 Å². The van der Waals surface area contributed by atoms with Crippen molar-refractivity contribution in [3.63, 3.8) is 0 Å². The van der Waals surface area contributed by atoms with Crippen LogP contribution in [-0.4, -0.2) is 30.5 Å². The molecule has 2 rings (SSSR count). The van der Waals surface area contributed by atoms with Crippen LogP contribution >= 0.6 is 11.6 Å². The minimum atomic E-state index is -0.590. The van der Waals surface area contributed by atoms with Crippen LogP contribution in [0.2, 0.25) is 5.02 Å². The van der Waals surface area contributed by atoms with E-state index in [1.807, 2.05) is 0 Å². The highest BCUT2D eigenvalue weighted by Crippen LogP contribution is 2.25. The topological polar surface area (TPSA) is 41.5 Å². The van der Waals surface area contributed by atoms with Gasteiger partial charge in [-0.1, -0.05) is 18.5 Å². The first-order chi connectivity index (χ1) is 10.0. The molecule has 2 N–H and O–H groups in total. The Kier molecular flexibility index (Phi) is 6.27. The molecular weight excluding hydrogens is 293 g/mol. The van der Waals surface area contributed by atoms with Gasteiger partial charge >= 0.3 is 0 Å². The molecule has 0 heterocycles. The van der Waals surface area contributed by atoms with Crippen LogP contribution in [0.3, 0.4) is 0 Å². The maximum Gasteiger partial charge on any atom is 0.141 e. The molecule has 1 aliphatic rings. The van der Waals surface area contributed by atoms with E-state index in [1.54, 1.807) is 6.07 Å². The molecular formula is C16H23ClFNO2. The zero-order valence-corrected chi connectivity index (χ0v) is 13.1. The number of nitrogens with one attached hydrogen (secondary N) is 1. The third-order valence-electron chi connectivity index (χ3n) is 3.95. The van der Waals surface area contributed by atoms with Gasteiger partial charge in [-0.3, -0.25) is 0 Å². The van der Waals surface area contributed by atoms with Gasteiger partial charge < -0.3 is 15.2 Å². The van der Waals surface area contributed by atoms with Crippen molar-refractivity contribution in [3.05, 3.63) is 29.0 Å². The van der Waals surface area contributed by atoms with E-state index in [4.69, 9.17) is 16.3 Å². The zero-order chi connectivity index (χ0) is 15.2. The Hall–Kier alpha value is -0.840. The summed E-state index contributed by atoms with van der Waals surface area (Å²) in [6.45, 7) is 2.94. The van der Waals surface area contributed by atoms with E-state index >= 15 is 0 Å². The molecule has 1 aromatic rings. The summed E-state index contributed by atoms with van der Waals surface area (Å²) in [4.78, 5) is 0. The number of aliphatic hydroxyl groups is 1. The van der Waals surface area contributed by atoms with E-state index < -0.39 is 11.9 Å². The highest BCUT2D eigenvalue weighted by Gasteiger charge is 2.19. The first-order valence-corrected chi connectivity index (χ1v) is 7.91. The van der Waals surface area contributed by atoms with E-state index in [1.165, 1.54) is 25.0 Å². The molecule has 0 radical (unpaired) electrons. The molecule has 5 heteroatoms. The first-order valence-electron chi connectivity index (χ1n) is 7.53. The Balaban J connectivity index is 1.67. The summed E-state index contributed by atoms with van der Waals surface area (Å²) >= 11 is 5.70. The van der Waals surface area contributed by atoms with Crippen molar-refractivity contribution >= 4 is 17.3 Å². The number of halogens is 2. The molecule has 0 aliphatic heterocycles. The van der Waals surface area contributed by atoms with Gasteiger partial charge in [-0.25, -0.2) is 4.39 Å². The van der Waals surface area contributed by atoms with Crippen molar-refractivity contribution in [3.8, 4) is 0 Å². The highest BCUT2D eigenvalue weighted by molar-refractivity contribution is 6.31. The first kappa shape index (κ1) is 16.5. The van der Waals surface area contributed by atoms with Crippen LogP contribution in [0.1, 0.15) is 32.6 Å². The maximum atomic E-state index is 13.0. The predicted octanol–water partition coefficient (Wildman–Crippen LogP) is 3.85. The van der Waals surface area contributed by atoms with Crippen LogP contribution in [0, 0.1) is 11.7 Å². The van der Waals surface area contributed by atoms with E-state index in [0.717, 1.165) is 18.8 Å². The zero-order valence-electron chi connectivity index (χ0n) is 12.3. The van der Waals surface area contributed by atoms with Gasteiger partial charge in [0.2, 0.25) is 0 Å². The third kappa shape index (κ3) is 5.46. The van der Waals surface area contributed by atoms with Gasteiger partial charge in [0.05, 0.1) is 23.8 Å². The van der Waals surface area contributed by atoms with E-state index in [9.17, 15) is 9.50 Å². The molecule has 118 valence electrons. The summed E-state index contributed by atoms with van der Waals surface area (Å²) in [5.74, 6) is 0.345. The number of aliphatic hydroxyl groups excluding tert-OH is 1. The molecule has 0 amide bonds. The summed E-state index contributed by atoms with van der Waals surface area (Å²) in [7, 11) is 0. The Morgan fingerprint density at radius 1 is 1.38 bits per heavy atom. The molecule has 3 nitrogen and oxygen atoms in total. The minimum Gasteiger partial charge on any atom is -0.389 e. The van der Waals surface area contributed by atoms with Gasteiger partial charge in [-0.05, 0) is 49.8 Å². The quantitative estimate of drug-likeness (QED) is 0.838. The standard InChI is InChI=1S/C16H23ClFNO2/c1-11-2-5-14(6-3-11)21-10-13(20)9-19-12-4-7-16(18)15(17)8-12/h4,7-8,11,13-14,19-20H,2-3,5-6,9-10H2,1H3. The fourth-order valence-electron chi connectivity index (χ4n) is 2.54. The second-order valence-electron chi connectivity index (χ2n) is 5.88. The van der Waals surface area contributed by atoms with Crippen molar-refractivity contribution in [2.75, 3.05) is 18.5 Å². The SMILES string of the molecule is CC1CCC(OCC(O)CNc2ccc(F)c(Cl)c2)CC1. The number of anilines is 1. The lowest BCUT2D eigenvalue weighted by molar-refractivity contribution is -0.0245. The Morgan fingerprint density at radius 2 is 2.10 bits per heavy atom. The largest absolute Gasteiger partial charge is 0.389 e. The lowest BCUT2D eigenvalue weighted by atomic mass is 9.89. The van der Waals surface area contributed by atoms with Crippen molar-refractivity contribution in [2.45, 2.75) is 44.8 Å². The molecule has 1 fully saturated rings. The smallest absolute Gasteiger partial charge is 0.141 e.